The van der Waals surface area contributed by atoms with E-state index in [2.05, 4.69) is 4.74 Å². The number of ether oxygens (including phenoxy) is 1. The minimum absolute atomic E-state index is 0.0327. The zero-order valence-corrected chi connectivity index (χ0v) is 7.69. The molecule has 2 N–H and O–H groups in total. The molecule has 0 bridgehead atoms. The Bertz CT molecular complexity index is 189. The van der Waals surface area contributed by atoms with E-state index < -0.39 is 24.0 Å². The van der Waals surface area contributed by atoms with Crippen LogP contribution in [-0.4, -0.2) is 35.4 Å². The summed E-state index contributed by atoms with van der Waals surface area (Å²) in [4.78, 5) is 20.9. The zero-order valence-electron chi connectivity index (χ0n) is 7.69. The van der Waals surface area contributed by atoms with E-state index in [1.54, 1.807) is 6.92 Å². The molecule has 5 heteroatoms. The summed E-state index contributed by atoms with van der Waals surface area (Å²) in [6, 6.07) is 0. The lowest BCUT2D eigenvalue weighted by molar-refractivity contribution is -0.145. The van der Waals surface area contributed by atoms with Crippen molar-refractivity contribution >= 4 is 11.9 Å². The third-order valence-electron chi connectivity index (χ3n) is 1.76. The minimum atomic E-state index is -1.08. The van der Waals surface area contributed by atoms with Crippen LogP contribution in [0.4, 0.5) is 0 Å². The SMILES string of the molecule is COC(=O)CC(C)C(O)CC(=O)O. The van der Waals surface area contributed by atoms with Gasteiger partial charge in [0.25, 0.3) is 0 Å². The lowest BCUT2D eigenvalue weighted by Crippen LogP contribution is -2.24. The van der Waals surface area contributed by atoms with Crippen molar-refractivity contribution in [3.63, 3.8) is 0 Å². The number of carboxylic acids is 1. The van der Waals surface area contributed by atoms with E-state index in [-0.39, 0.29) is 12.8 Å². The van der Waals surface area contributed by atoms with Crippen molar-refractivity contribution in [2.75, 3.05) is 7.11 Å². The quantitative estimate of drug-likeness (QED) is 0.597. The average molecular weight is 190 g/mol. The van der Waals surface area contributed by atoms with Gasteiger partial charge in [0.1, 0.15) is 0 Å². The van der Waals surface area contributed by atoms with E-state index in [4.69, 9.17) is 5.11 Å². The first-order valence-electron chi connectivity index (χ1n) is 3.94. The Morgan fingerprint density at radius 2 is 1.92 bits per heavy atom. The third kappa shape index (κ3) is 5.19. The van der Waals surface area contributed by atoms with E-state index in [0.29, 0.717) is 0 Å². The van der Waals surface area contributed by atoms with Crippen molar-refractivity contribution in [1.29, 1.82) is 0 Å². The van der Waals surface area contributed by atoms with Gasteiger partial charge < -0.3 is 14.9 Å². The van der Waals surface area contributed by atoms with Gasteiger partial charge in [-0.25, -0.2) is 0 Å². The van der Waals surface area contributed by atoms with Crippen molar-refractivity contribution in [3.05, 3.63) is 0 Å². The van der Waals surface area contributed by atoms with Crippen molar-refractivity contribution in [2.24, 2.45) is 5.92 Å². The number of esters is 1. The van der Waals surface area contributed by atoms with Gasteiger partial charge in [0.15, 0.2) is 0 Å². The van der Waals surface area contributed by atoms with Crippen molar-refractivity contribution in [3.8, 4) is 0 Å². The Hall–Kier alpha value is -1.10. The Kier molecular flexibility index (Phi) is 5.06. The number of methoxy groups -OCH3 is 1. The van der Waals surface area contributed by atoms with Gasteiger partial charge in [0, 0.05) is 0 Å². The largest absolute Gasteiger partial charge is 0.481 e. The Morgan fingerprint density at radius 1 is 1.38 bits per heavy atom. The van der Waals surface area contributed by atoms with Crippen LogP contribution in [0.3, 0.4) is 0 Å². The summed E-state index contributed by atoms with van der Waals surface area (Å²) in [5.41, 5.74) is 0. The monoisotopic (exact) mass is 190 g/mol. The topological polar surface area (TPSA) is 83.8 Å². The second-order valence-electron chi connectivity index (χ2n) is 2.92. The lowest BCUT2D eigenvalue weighted by Gasteiger charge is -2.15. The molecule has 0 amide bonds. The van der Waals surface area contributed by atoms with E-state index in [1.165, 1.54) is 7.11 Å². The molecule has 0 aromatic heterocycles. The average Bonchev–Trinajstić information content (AvgIpc) is 2.02. The van der Waals surface area contributed by atoms with E-state index in [0.717, 1.165) is 0 Å². The molecule has 0 saturated carbocycles. The molecular formula is C8H14O5. The van der Waals surface area contributed by atoms with E-state index in [1.807, 2.05) is 0 Å². The highest BCUT2D eigenvalue weighted by Crippen LogP contribution is 2.11. The van der Waals surface area contributed by atoms with Crippen molar-refractivity contribution in [2.45, 2.75) is 25.9 Å². The molecule has 0 fully saturated rings. The number of aliphatic hydroxyl groups is 1. The zero-order chi connectivity index (χ0) is 10.4. The van der Waals surface area contributed by atoms with Gasteiger partial charge in [0.2, 0.25) is 0 Å². The lowest BCUT2D eigenvalue weighted by atomic mass is 9.98. The van der Waals surface area contributed by atoms with Gasteiger partial charge in [-0.3, -0.25) is 9.59 Å². The number of rotatable bonds is 5. The molecule has 0 saturated heterocycles. The highest BCUT2D eigenvalue weighted by molar-refractivity contribution is 5.70. The highest BCUT2D eigenvalue weighted by Gasteiger charge is 2.20. The van der Waals surface area contributed by atoms with Crippen LogP contribution in [0.5, 0.6) is 0 Å². The van der Waals surface area contributed by atoms with Crippen LogP contribution in [0, 0.1) is 5.92 Å². The van der Waals surface area contributed by atoms with Crippen molar-refractivity contribution < 1.29 is 24.5 Å². The molecule has 5 nitrogen and oxygen atoms in total. The summed E-state index contributed by atoms with van der Waals surface area (Å²) in [6.07, 6.45) is -1.32. The number of hydrogen-bond acceptors (Lipinski definition) is 4. The number of carbonyl (C=O) groups excluding carboxylic acids is 1. The van der Waals surface area contributed by atoms with Crippen LogP contribution in [0.15, 0.2) is 0 Å². The maximum atomic E-state index is 10.7. The molecule has 76 valence electrons. The summed E-state index contributed by atoms with van der Waals surface area (Å²) in [5, 5.41) is 17.6. The van der Waals surface area contributed by atoms with Crippen LogP contribution < -0.4 is 0 Å². The molecule has 0 aliphatic heterocycles. The molecule has 0 aromatic carbocycles. The number of aliphatic carboxylic acids is 1. The smallest absolute Gasteiger partial charge is 0.305 e. The molecule has 2 atom stereocenters. The fraction of sp³-hybridized carbons (Fsp3) is 0.750. The molecule has 0 aromatic rings. The summed E-state index contributed by atoms with van der Waals surface area (Å²) < 4.78 is 4.38. The summed E-state index contributed by atoms with van der Waals surface area (Å²) in [6.45, 7) is 1.60. The van der Waals surface area contributed by atoms with Crippen LogP contribution >= 0.6 is 0 Å². The first-order chi connectivity index (χ1) is 5.97. The molecule has 0 aliphatic carbocycles. The first-order valence-corrected chi connectivity index (χ1v) is 3.94. The Balaban J connectivity index is 3.88. The van der Waals surface area contributed by atoms with Gasteiger partial charge in [-0.1, -0.05) is 6.92 Å². The minimum Gasteiger partial charge on any atom is -0.481 e. The molecule has 0 heterocycles. The normalized spacial score (nSPS) is 14.7. The molecule has 0 aliphatic rings. The molecule has 0 spiro atoms. The highest BCUT2D eigenvalue weighted by atomic mass is 16.5. The molecule has 2 unspecified atom stereocenters. The Morgan fingerprint density at radius 3 is 2.31 bits per heavy atom. The number of carbonyl (C=O) groups is 2. The maximum Gasteiger partial charge on any atom is 0.305 e. The van der Waals surface area contributed by atoms with E-state index >= 15 is 0 Å². The van der Waals surface area contributed by atoms with Crippen molar-refractivity contribution in [1.82, 2.24) is 0 Å². The van der Waals surface area contributed by atoms with Crippen LogP contribution in [0.25, 0.3) is 0 Å². The van der Waals surface area contributed by atoms with Gasteiger partial charge in [-0.15, -0.1) is 0 Å². The summed E-state index contributed by atoms with van der Waals surface area (Å²) in [5.74, 6) is -1.93. The van der Waals surface area contributed by atoms with Gasteiger partial charge in [-0.2, -0.15) is 0 Å². The third-order valence-corrected chi connectivity index (χ3v) is 1.76. The maximum absolute atomic E-state index is 10.7. The summed E-state index contributed by atoms with van der Waals surface area (Å²) in [7, 11) is 1.25. The van der Waals surface area contributed by atoms with Gasteiger partial charge in [0.05, 0.1) is 26.1 Å². The van der Waals surface area contributed by atoms with Crippen LogP contribution in [0.2, 0.25) is 0 Å². The predicted molar refractivity (Wildman–Crippen MR) is 44.1 cm³/mol. The number of hydrogen-bond donors (Lipinski definition) is 2. The summed E-state index contributed by atoms with van der Waals surface area (Å²) >= 11 is 0. The fourth-order valence-corrected chi connectivity index (χ4v) is 0.862. The second-order valence-corrected chi connectivity index (χ2v) is 2.92. The molecule has 13 heavy (non-hydrogen) atoms. The molecular weight excluding hydrogens is 176 g/mol. The predicted octanol–water partition coefficient (Wildman–Crippen LogP) is 0.0212. The second kappa shape index (κ2) is 5.53. The van der Waals surface area contributed by atoms with Crippen LogP contribution in [-0.2, 0) is 14.3 Å². The first kappa shape index (κ1) is 11.9. The number of aliphatic hydroxyl groups excluding tert-OH is 1. The fourth-order valence-electron chi connectivity index (χ4n) is 0.862. The van der Waals surface area contributed by atoms with Gasteiger partial charge >= 0.3 is 11.9 Å². The number of carboxylic acid groups (broad SMARTS) is 1. The van der Waals surface area contributed by atoms with Crippen LogP contribution in [0.1, 0.15) is 19.8 Å². The molecule has 0 rings (SSSR count). The van der Waals surface area contributed by atoms with E-state index in [9.17, 15) is 14.7 Å². The molecule has 0 radical (unpaired) electrons. The Labute approximate surface area is 76.3 Å². The van der Waals surface area contributed by atoms with Gasteiger partial charge in [-0.05, 0) is 5.92 Å². The standard InChI is InChI=1S/C8H14O5/c1-5(3-8(12)13-2)6(9)4-7(10)11/h5-6,9H,3-4H2,1-2H3,(H,10,11).